The maximum Gasteiger partial charge on any atom is 0.123 e. The molecule has 0 fully saturated rings. The number of aliphatic hydroxyl groups is 2. The fraction of sp³-hybridized carbons (Fsp3) is 0.286. The van der Waals surface area contributed by atoms with Crippen LogP contribution in [0.25, 0.3) is 10.6 Å². The van der Waals surface area contributed by atoms with Gasteiger partial charge in [0.05, 0.1) is 18.8 Å². The summed E-state index contributed by atoms with van der Waals surface area (Å²) < 4.78 is 0. The van der Waals surface area contributed by atoms with Gasteiger partial charge in [0, 0.05) is 26.4 Å². The molecule has 0 spiro atoms. The van der Waals surface area contributed by atoms with Gasteiger partial charge in [0.1, 0.15) is 5.01 Å². The first kappa shape index (κ1) is 22.9. The number of nitrogens with two attached hydrogens (primary N) is 1. The van der Waals surface area contributed by atoms with Crippen LogP contribution in [-0.2, 0) is 6.42 Å². The molecule has 0 saturated carbocycles. The van der Waals surface area contributed by atoms with Crippen LogP contribution in [0.2, 0.25) is 0 Å². The van der Waals surface area contributed by atoms with Crippen molar-refractivity contribution in [2.45, 2.75) is 35.1 Å². The SMILES string of the molecule is Cc1cnc(-c2ccc(Sc3ccc(CCC(N)(CO)CO)cc3)cc2)s1.Cl. The highest BCUT2D eigenvalue weighted by Gasteiger charge is 2.22. The fourth-order valence-corrected chi connectivity index (χ4v) is 4.20. The van der Waals surface area contributed by atoms with Crippen molar-refractivity contribution in [1.29, 1.82) is 0 Å². The van der Waals surface area contributed by atoms with Crippen LogP contribution in [0.15, 0.2) is 64.5 Å². The predicted octanol–water partition coefficient (Wildman–Crippen LogP) is 4.31. The van der Waals surface area contributed by atoms with Gasteiger partial charge in [-0.2, -0.15) is 0 Å². The molecule has 4 N–H and O–H groups in total. The number of hydrogen-bond acceptors (Lipinski definition) is 6. The molecule has 0 saturated heterocycles. The number of nitrogens with zero attached hydrogens (tertiary/aromatic N) is 1. The number of halogens is 1. The minimum atomic E-state index is -0.912. The average molecular weight is 437 g/mol. The van der Waals surface area contributed by atoms with Crippen molar-refractivity contribution in [2.24, 2.45) is 5.73 Å². The summed E-state index contributed by atoms with van der Waals surface area (Å²) in [5.41, 5.74) is 7.30. The third-order valence-corrected chi connectivity index (χ3v) is 6.40. The molecule has 7 heteroatoms. The molecule has 3 rings (SSSR count). The van der Waals surface area contributed by atoms with Crippen LogP contribution in [0.3, 0.4) is 0 Å². The van der Waals surface area contributed by atoms with Crippen LogP contribution in [0, 0.1) is 6.92 Å². The Balaban J connectivity index is 0.00000280. The molecule has 1 heterocycles. The number of aliphatic hydroxyl groups excluding tert-OH is 2. The van der Waals surface area contributed by atoms with Gasteiger partial charge in [0.2, 0.25) is 0 Å². The minimum absolute atomic E-state index is 0. The van der Waals surface area contributed by atoms with Crippen LogP contribution in [0.5, 0.6) is 0 Å². The number of benzene rings is 2. The lowest BCUT2D eigenvalue weighted by Crippen LogP contribution is -2.47. The lowest BCUT2D eigenvalue weighted by atomic mass is 9.94. The van der Waals surface area contributed by atoms with Crippen molar-refractivity contribution < 1.29 is 10.2 Å². The van der Waals surface area contributed by atoms with Gasteiger partial charge in [-0.3, -0.25) is 0 Å². The molecule has 0 aliphatic heterocycles. The highest BCUT2D eigenvalue weighted by Crippen LogP contribution is 2.31. The summed E-state index contributed by atoms with van der Waals surface area (Å²) in [5.74, 6) is 0. The summed E-state index contributed by atoms with van der Waals surface area (Å²) in [6, 6.07) is 16.8. The fourth-order valence-electron chi connectivity index (χ4n) is 2.62. The number of thiazole rings is 1. The third-order valence-electron chi connectivity index (χ3n) is 4.42. The maximum atomic E-state index is 9.27. The molecule has 0 atom stereocenters. The lowest BCUT2D eigenvalue weighted by Gasteiger charge is -2.24. The zero-order valence-electron chi connectivity index (χ0n) is 15.7. The van der Waals surface area contributed by atoms with E-state index in [4.69, 9.17) is 5.73 Å². The Bertz CT molecular complexity index is 863. The maximum absolute atomic E-state index is 9.27. The molecule has 0 bridgehead atoms. The summed E-state index contributed by atoms with van der Waals surface area (Å²) in [6.07, 6.45) is 3.18. The summed E-state index contributed by atoms with van der Waals surface area (Å²) in [5, 5.41) is 19.6. The first-order valence-corrected chi connectivity index (χ1v) is 10.4. The monoisotopic (exact) mass is 436 g/mol. The second-order valence-corrected chi connectivity index (χ2v) is 9.11. The molecule has 0 aliphatic rings. The van der Waals surface area contributed by atoms with Crippen LogP contribution >= 0.6 is 35.5 Å². The Morgan fingerprint density at radius 2 is 1.57 bits per heavy atom. The normalized spacial score (nSPS) is 11.3. The zero-order valence-corrected chi connectivity index (χ0v) is 18.1. The van der Waals surface area contributed by atoms with Gasteiger partial charge in [0.15, 0.2) is 0 Å². The van der Waals surface area contributed by atoms with Crippen molar-refractivity contribution in [3.8, 4) is 10.6 Å². The van der Waals surface area contributed by atoms with Crippen molar-refractivity contribution in [1.82, 2.24) is 4.98 Å². The van der Waals surface area contributed by atoms with E-state index in [-0.39, 0.29) is 25.6 Å². The second kappa shape index (κ2) is 10.4. The topological polar surface area (TPSA) is 79.4 Å². The Kier molecular flexibility index (Phi) is 8.49. The first-order valence-electron chi connectivity index (χ1n) is 8.82. The van der Waals surface area contributed by atoms with E-state index in [1.54, 1.807) is 23.1 Å². The smallest absolute Gasteiger partial charge is 0.123 e. The Labute approximate surface area is 180 Å². The summed E-state index contributed by atoms with van der Waals surface area (Å²) in [6.45, 7) is 1.64. The molecular formula is C21H25ClN2O2S2. The quantitative estimate of drug-likeness (QED) is 0.490. The predicted molar refractivity (Wildman–Crippen MR) is 120 cm³/mol. The van der Waals surface area contributed by atoms with Crippen molar-refractivity contribution >= 4 is 35.5 Å². The highest BCUT2D eigenvalue weighted by atomic mass is 35.5. The molecule has 4 nitrogen and oxygen atoms in total. The van der Waals surface area contributed by atoms with Crippen molar-refractivity contribution in [3.05, 3.63) is 65.2 Å². The van der Waals surface area contributed by atoms with Crippen LogP contribution in [0.1, 0.15) is 16.9 Å². The highest BCUT2D eigenvalue weighted by molar-refractivity contribution is 7.99. The van der Waals surface area contributed by atoms with Gasteiger partial charge in [-0.05, 0) is 49.6 Å². The van der Waals surface area contributed by atoms with E-state index in [2.05, 4.69) is 60.4 Å². The molecule has 0 unspecified atom stereocenters. The standard InChI is InChI=1S/C21H24N2O2S2.ClH/c1-15-12-23-20(26-15)17-4-8-19(9-5-17)27-18-6-2-16(3-7-18)10-11-21(22,13-24)14-25;/h2-9,12,24-25H,10-11,13-14,22H2,1H3;1H. The Morgan fingerprint density at radius 1 is 1.00 bits per heavy atom. The minimum Gasteiger partial charge on any atom is -0.394 e. The number of hydrogen-bond donors (Lipinski definition) is 3. The number of aromatic nitrogens is 1. The van der Waals surface area contributed by atoms with Crippen LogP contribution in [-0.4, -0.2) is 33.9 Å². The first-order chi connectivity index (χ1) is 13.0. The molecular weight excluding hydrogens is 412 g/mol. The molecule has 150 valence electrons. The molecule has 1 aromatic heterocycles. The Hall–Kier alpha value is -1.41. The summed E-state index contributed by atoms with van der Waals surface area (Å²) in [4.78, 5) is 7.99. The summed E-state index contributed by atoms with van der Waals surface area (Å²) >= 11 is 3.42. The van der Waals surface area contributed by atoms with E-state index in [1.165, 1.54) is 14.7 Å². The number of rotatable bonds is 8. The van der Waals surface area contributed by atoms with E-state index in [9.17, 15) is 10.2 Å². The molecule has 0 amide bonds. The largest absolute Gasteiger partial charge is 0.394 e. The van der Waals surface area contributed by atoms with E-state index in [0.29, 0.717) is 6.42 Å². The third kappa shape index (κ3) is 6.04. The van der Waals surface area contributed by atoms with Gasteiger partial charge in [-0.15, -0.1) is 23.7 Å². The lowest BCUT2D eigenvalue weighted by molar-refractivity contribution is 0.115. The molecule has 0 aliphatic carbocycles. The molecule has 0 radical (unpaired) electrons. The molecule has 2 aromatic carbocycles. The van der Waals surface area contributed by atoms with Gasteiger partial charge in [-0.1, -0.05) is 36.0 Å². The van der Waals surface area contributed by atoms with Gasteiger partial charge in [-0.25, -0.2) is 4.98 Å². The average Bonchev–Trinajstić information content (AvgIpc) is 3.14. The van der Waals surface area contributed by atoms with Gasteiger partial charge >= 0.3 is 0 Å². The number of aryl methyl sites for hydroxylation is 2. The van der Waals surface area contributed by atoms with Gasteiger partial charge in [0.25, 0.3) is 0 Å². The van der Waals surface area contributed by atoms with E-state index >= 15 is 0 Å². The van der Waals surface area contributed by atoms with Crippen molar-refractivity contribution in [3.63, 3.8) is 0 Å². The van der Waals surface area contributed by atoms with E-state index in [0.717, 1.165) is 22.6 Å². The molecule has 28 heavy (non-hydrogen) atoms. The van der Waals surface area contributed by atoms with Crippen LogP contribution < -0.4 is 5.73 Å². The van der Waals surface area contributed by atoms with E-state index < -0.39 is 5.54 Å². The summed E-state index contributed by atoms with van der Waals surface area (Å²) in [7, 11) is 0. The van der Waals surface area contributed by atoms with Crippen LogP contribution in [0.4, 0.5) is 0 Å². The molecule has 3 aromatic rings. The Morgan fingerprint density at radius 3 is 2.07 bits per heavy atom. The zero-order chi connectivity index (χ0) is 19.3. The van der Waals surface area contributed by atoms with Crippen molar-refractivity contribution in [2.75, 3.05) is 13.2 Å². The van der Waals surface area contributed by atoms with Gasteiger partial charge < -0.3 is 15.9 Å². The second-order valence-electron chi connectivity index (χ2n) is 6.73. The van der Waals surface area contributed by atoms with E-state index in [1.807, 2.05) is 6.20 Å².